The van der Waals surface area contributed by atoms with Crippen LogP contribution in [0.3, 0.4) is 0 Å². The molecule has 65 heavy (non-hydrogen) atoms. The summed E-state index contributed by atoms with van der Waals surface area (Å²) in [5.41, 5.74) is 0. The molecule has 0 saturated heterocycles. The summed E-state index contributed by atoms with van der Waals surface area (Å²) in [6.07, 6.45) is 66.7. The fourth-order valence-corrected chi connectivity index (χ4v) is 8.20. The van der Waals surface area contributed by atoms with Gasteiger partial charge in [-0.1, -0.05) is 254 Å². The molecule has 0 aromatic heterocycles. The average molecular weight is 908 g/mol. The maximum absolute atomic E-state index is 13.2. The maximum atomic E-state index is 13.2. The quantitative estimate of drug-likeness (QED) is 0.0321. The fourth-order valence-electron chi connectivity index (χ4n) is 8.20. The van der Waals surface area contributed by atoms with Crippen molar-refractivity contribution in [3.63, 3.8) is 0 Å². The third kappa shape index (κ3) is 47.6. The van der Waals surface area contributed by atoms with Crippen molar-refractivity contribution in [2.24, 2.45) is 0 Å². The molecular formula is C59H105NO5. The molecule has 376 valence electrons. The van der Waals surface area contributed by atoms with Crippen molar-refractivity contribution >= 4 is 11.9 Å². The van der Waals surface area contributed by atoms with Crippen LogP contribution in [0.15, 0.2) is 72.9 Å². The largest absolute Gasteiger partial charge is 0.462 e. The summed E-state index contributed by atoms with van der Waals surface area (Å²) in [4.78, 5) is 26.2. The van der Waals surface area contributed by atoms with E-state index in [1.165, 1.54) is 116 Å². The van der Waals surface area contributed by atoms with E-state index in [1.54, 1.807) is 0 Å². The van der Waals surface area contributed by atoms with Crippen molar-refractivity contribution in [2.75, 3.05) is 6.61 Å². The topological polar surface area (TPSA) is 95.9 Å². The minimum atomic E-state index is -0.800. The van der Waals surface area contributed by atoms with Crippen LogP contribution in [0.25, 0.3) is 0 Å². The first-order valence-corrected chi connectivity index (χ1v) is 27.7. The van der Waals surface area contributed by atoms with Crippen molar-refractivity contribution in [1.29, 1.82) is 0 Å². The van der Waals surface area contributed by atoms with Crippen LogP contribution in [-0.2, 0) is 14.3 Å². The highest BCUT2D eigenvalue weighted by Gasteiger charge is 2.24. The van der Waals surface area contributed by atoms with Crippen LogP contribution in [0.2, 0.25) is 0 Å². The number of nitrogens with one attached hydrogen (secondary N) is 1. The van der Waals surface area contributed by atoms with E-state index in [4.69, 9.17) is 4.74 Å². The Morgan fingerprint density at radius 3 is 1.25 bits per heavy atom. The molecule has 0 aliphatic heterocycles. The molecule has 0 bridgehead atoms. The third-order valence-electron chi connectivity index (χ3n) is 12.4. The number of aliphatic hydroxyl groups is 2. The molecule has 0 saturated carbocycles. The Labute approximate surface area is 402 Å². The number of esters is 1. The molecule has 0 aliphatic rings. The van der Waals surface area contributed by atoms with Gasteiger partial charge in [-0.3, -0.25) is 9.59 Å². The highest BCUT2D eigenvalue weighted by Crippen LogP contribution is 2.18. The fraction of sp³-hybridized carbons (Fsp3) is 0.763. The van der Waals surface area contributed by atoms with E-state index >= 15 is 0 Å². The first-order valence-electron chi connectivity index (χ1n) is 27.7. The van der Waals surface area contributed by atoms with Gasteiger partial charge in [-0.05, 0) is 70.6 Å². The predicted octanol–water partition coefficient (Wildman–Crippen LogP) is 17.0. The lowest BCUT2D eigenvalue weighted by atomic mass is 10.0. The molecule has 0 spiro atoms. The highest BCUT2D eigenvalue weighted by molar-refractivity contribution is 5.77. The van der Waals surface area contributed by atoms with Crippen molar-refractivity contribution < 1.29 is 24.5 Å². The summed E-state index contributed by atoms with van der Waals surface area (Å²) in [5.74, 6) is -0.515. The van der Waals surface area contributed by atoms with Crippen molar-refractivity contribution in [3.8, 4) is 0 Å². The van der Waals surface area contributed by atoms with E-state index in [-0.39, 0.29) is 24.9 Å². The summed E-state index contributed by atoms with van der Waals surface area (Å²) < 4.78 is 5.93. The van der Waals surface area contributed by atoms with Gasteiger partial charge in [0.15, 0.2) is 0 Å². The van der Waals surface area contributed by atoms with E-state index < -0.39 is 18.2 Å². The zero-order chi connectivity index (χ0) is 47.4. The average Bonchev–Trinajstić information content (AvgIpc) is 3.30. The minimum absolute atomic E-state index is 0.0534. The van der Waals surface area contributed by atoms with Gasteiger partial charge in [0.05, 0.1) is 25.2 Å². The molecule has 0 radical (unpaired) electrons. The molecule has 3 N–H and O–H groups in total. The second kappa shape index (κ2) is 52.3. The molecular weight excluding hydrogens is 803 g/mol. The Morgan fingerprint density at radius 1 is 0.462 bits per heavy atom. The molecule has 0 aromatic carbocycles. The number of carbonyl (C=O) groups is 2. The lowest BCUT2D eigenvalue weighted by molar-refractivity contribution is -0.151. The zero-order valence-corrected chi connectivity index (χ0v) is 42.9. The second-order valence-electron chi connectivity index (χ2n) is 18.7. The number of amides is 1. The standard InChI is InChI=1S/C59H105NO5/c1-4-7-10-13-16-19-22-25-27-28-29-31-34-37-40-43-46-49-52-59(64)65-55(50-47-44-41-38-35-32-24-21-18-15-12-9-6-3)53-58(63)60-56(54-61)57(62)51-48-45-42-39-36-33-30-26-23-20-17-14-11-8-5-2/h9,12,15,18,21-22,24-25,27-29,31,55-57,61-62H,4-8,10-11,13-14,16-17,19-20,23,26,30,32-54H2,1-3H3,(H,60,63)/b12-9+,18-15+,24-21+,25-22+,28-27+,31-29+. The lowest BCUT2D eigenvalue weighted by Crippen LogP contribution is -2.46. The zero-order valence-electron chi connectivity index (χ0n) is 42.9. The SMILES string of the molecule is CC/C=C/C=C/C=C/CCCCCCCC(CC(=O)NC(CO)C(O)CCCCCCCCCCCCCCCCC)OC(=O)CCCCCCC/C=C/C=C/C=C/CCCCCCC. The van der Waals surface area contributed by atoms with Gasteiger partial charge in [0.25, 0.3) is 0 Å². The molecule has 3 unspecified atom stereocenters. The van der Waals surface area contributed by atoms with E-state index in [1.807, 2.05) is 0 Å². The number of allylic oxidation sites excluding steroid dienone is 12. The molecule has 0 heterocycles. The Balaban J connectivity index is 4.60. The normalized spacial score (nSPS) is 13.7. The first kappa shape index (κ1) is 62.3. The number of aliphatic hydroxyl groups excluding tert-OH is 2. The number of unbranched alkanes of at least 4 members (excludes halogenated alkanes) is 29. The minimum Gasteiger partial charge on any atom is -0.462 e. The predicted molar refractivity (Wildman–Crippen MR) is 282 cm³/mol. The Bertz CT molecular complexity index is 1200. The number of hydrogen-bond acceptors (Lipinski definition) is 5. The number of ether oxygens (including phenoxy) is 1. The van der Waals surface area contributed by atoms with Crippen molar-refractivity contribution in [2.45, 2.75) is 283 Å². The van der Waals surface area contributed by atoms with Crippen LogP contribution in [0, 0.1) is 0 Å². The van der Waals surface area contributed by atoms with Gasteiger partial charge in [-0.2, -0.15) is 0 Å². The maximum Gasteiger partial charge on any atom is 0.306 e. The van der Waals surface area contributed by atoms with Gasteiger partial charge in [0.1, 0.15) is 6.10 Å². The molecule has 0 rings (SSSR count). The summed E-state index contributed by atoms with van der Waals surface area (Å²) in [5, 5.41) is 23.8. The smallest absolute Gasteiger partial charge is 0.306 e. The third-order valence-corrected chi connectivity index (χ3v) is 12.4. The second-order valence-corrected chi connectivity index (χ2v) is 18.7. The molecule has 0 aliphatic carbocycles. The Hall–Kier alpha value is -2.70. The molecule has 3 atom stereocenters. The van der Waals surface area contributed by atoms with E-state index in [9.17, 15) is 19.8 Å². The van der Waals surface area contributed by atoms with E-state index in [0.29, 0.717) is 19.3 Å². The first-order chi connectivity index (χ1) is 32.0. The molecule has 0 aromatic rings. The van der Waals surface area contributed by atoms with Crippen molar-refractivity contribution in [1.82, 2.24) is 5.32 Å². The summed E-state index contributed by atoms with van der Waals surface area (Å²) >= 11 is 0. The van der Waals surface area contributed by atoms with Gasteiger partial charge >= 0.3 is 5.97 Å². The molecule has 0 fully saturated rings. The number of rotatable bonds is 49. The van der Waals surface area contributed by atoms with Crippen LogP contribution in [0.4, 0.5) is 0 Å². The summed E-state index contributed by atoms with van der Waals surface area (Å²) in [7, 11) is 0. The number of hydrogen-bond donors (Lipinski definition) is 3. The van der Waals surface area contributed by atoms with Crippen LogP contribution in [-0.4, -0.2) is 46.9 Å². The molecule has 6 nitrogen and oxygen atoms in total. The summed E-state index contributed by atoms with van der Waals surface area (Å²) in [6, 6.07) is -0.716. The van der Waals surface area contributed by atoms with Gasteiger partial charge in [0, 0.05) is 6.42 Å². The van der Waals surface area contributed by atoms with Gasteiger partial charge < -0.3 is 20.3 Å². The van der Waals surface area contributed by atoms with Crippen LogP contribution in [0.5, 0.6) is 0 Å². The van der Waals surface area contributed by atoms with Gasteiger partial charge in [-0.15, -0.1) is 0 Å². The lowest BCUT2D eigenvalue weighted by Gasteiger charge is -2.24. The van der Waals surface area contributed by atoms with Crippen LogP contribution in [0.1, 0.15) is 265 Å². The van der Waals surface area contributed by atoms with Gasteiger partial charge in [0.2, 0.25) is 5.91 Å². The highest BCUT2D eigenvalue weighted by atomic mass is 16.5. The monoisotopic (exact) mass is 908 g/mol. The van der Waals surface area contributed by atoms with Crippen LogP contribution >= 0.6 is 0 Å². The Kier molecular flexibility index (Phi) is 50.1. The number of carbonyl (C=O) groups excluding carboxylic acids is 2. The Morgan fingerprint density at radius 2 is 0.831 bits per heavy atom. The van der Waals surface area contributed by atoms with Crippen molar-refractivity contribution in [3.05, 3.63) is 72.9 Å². The van der Waals surface area contributed by atoms with Gasteiger partial charge in [-0.25, -0.2) is 0 Å². The summed E-state index contributed by atoms with van der Waals surface area (Å²) in [6.45, 7) is 6.34. The molecule has 1 amide bonds. The van der Waals surface area contributed by atoms with E-state index in [2.05, 4.69) is 99.0 Å². The van der Waals surface area contributed by atoms with Crippen LogP contribution < -0.4 is 5.32 Å². The molecule has 6 heteroatoms. The van der Waals surface area contributed by atoms with E-state index in [0.717, 1.165) is 103 Å².